The van der Waals surface area contributed by atoms with Crippen molar-refractivity contribution in [3.05, 3.63) is 16.4 Å². The van der Waals surface area contributed by atoms with E-state index in [-0.39, 0.29) is 0 Å². The Morgan fingerprint density at radius 1 is 1.40 bits per heavy atom. The summed E-state index contributed by atoms with van der Waals surface area (Å²) in [6, 6.07) is 0.518. The van der Waals surface area contributed by atoms with Gasteiger partial charge in [0, 0.05) is 19.0 Å². The fourth-order valence-electron chi connectivity index (χ4n) is 3.54. The Hall–Kier alpha value is -0.540. The Balaban J connectivity index is 2.16. The van der Waals surface area contributed by atoms with E-state index in [1.165, 1.54) is 25.0 Å². The molecule has 1 fully saturated rings. The molecule has 2 rings (SSSR count). The SMILES string of the molecule is CCc1nn(CC)c(CC(NC)C2CCC(C)C2)c1Cl. The van der Waals surface area contributed by atoms with E-state index in [0.29, 0.717) is 6.04 Å². The molecule has 0 saturated heterocycles. The smallest absolute Gasteiger partial charge is 0.0850 e. The van der Waals surface area contributed by atoms with Crippen molar-refractivity contribution in [2.45, 2.75) is 65.5 Å². The number of hydrogen-bond acceptors (Lipinski definition) is 2. The number of rotatable bonds is 6. The van der Waals surface area contributed by atoms with Gasteiger partial charge in [-0.3, -0.25) is 4.68 Å². The zero-order chi connectivity index (χ0) is 14.7. The molecule has 0 aliphatic heterocycles. The third kappa shape index (κ3) is 3.20. The Labute approximate surface area is 128 Å². The van der Waals surface area contributed by atoms with Gasteiger partial charge in [-0.25, -0.2) is 0 Å². The third-order valence-electron chi connectivity index (χ3n) is 4.78. The van der Waals surface area contributed by atoms with E-state index in [1.807, 2.05) is 0 Å². The van der Waals surface area contributed by atoms with Crippen LogP contribution in [0.1, 0.15) is 51.4 Å². The lowest BCUT2D eigenvalue weighted by atomic mass is 9.93. The summed E-state index contributed by atoms with van der Waals surface area (Å²) in [5, 5.41) is 9.04. The van der Waals surface area contributed by atoms with Crippen molar-refractivity contribution in [1.82, 2.24) is 15.1 Å². The first-order valence-electron chi connectivity index (χ1n) is 8.01. The number of likely N-dealkylation sites (N-methyl/N-ethyl adjacent to an activating group) is 1. The molecule has 0 aromatic carbocycles. The van der Waals surface area contributed by atoms with Crippen molar-refractivity contribution in [3.63, 3.8) is 0 Å². The van der Waals surface area contributed by atoms with Gasteiger partial charge in [-0.1, -0.05) is 31.9 Å². The van der Waals surface area contributed by atoms with Crippen LogP contribution in [0.25, 0.3) is 0 Å². The summed E-state index contributed by atoms with van der Waals surface area (Å²) in [5.74, 6) is 1.64. The Bertz CT molecular complexity index is 441. The molecule has 3 unspecified atom stereocenters. The molecule has 0 bridgehead atoms. The summed E-state index contributed by atoms with van der Waals surface area (Å²) in [7, 11) is 2.08. The van der Waals surface area contributed by atoms with Crippen LogP contribution in [0.5, 0.6) is 0 Å². The van der Waals surface area contributed by atoms with Crippen LogP contribution in [0.15, 0.2) is 0 Å². The van der Waals surface area contributed by atoms with Gasteiger partial charge in [-0.15, -0.1) is 0 Å². The van der Waals surface area contributed by atoms with E-state index in [4.69, 9.17) is 11.6 Å². The highest BCUT2D eigenvalue weighted by Crippen LogP contribution is 2.34. The first kappa shape index (κ1) is 15.8. The number of nitrogens with one attached hydrogen (secondary N) is 1. The minimum atomic E-state index is 0.518. The van der Waals surface area contributed by atoms with Gasteiger partial charge in [0.2, 0.25) is 0 Å². The fourth-order valence-corrected chi connectivity index (χ4v) is 3.89. The monoisotopic (exact) mass is 297 g/mol. The molecule has 1 aliphatic rings. The van der Waals surface area contributed by atoms with Crippen LogP contribution in [0, 0.1) is 11.8 Å². The normalized spacial score (nSPS) is 24.2. The zero-order valence-corrected chi connectivity index (χ0v) is 14.0. The van der Waals surface area contributed by atoms with Gasteiger partial charge >= 0.3 is 0 Å². The molecule has 0 amide bonds. The molecule has 20 heavy (non-hydrogen) atoms. The molecule has 1 heterocycles. The van der Waals surface area contributed by atoms with E-state index in [1.54, 1.807) is 0 Å². The van der Waals surface area contributed by atoms with Crippen molar-refractivity contribution in [2.24, 2.45) is 11.8 Å². The molecule has 1 aliphatic carbocycles. The van der Waals surface area contributed by atoms with Crippen molar-refractivity contribution < 1.29 is 0 Å². The highest BCUT2D eigenvalue weighted by molar-refractivity contribution is 6.31. The fraction of sp³-hybridized carbons (Fsp3) is 0.812. The average Bonchev–Trinajstić information content (AvgIpc) is 3.00. The van der Waals surface area contributed by atoms with Crippen LogP contribution in [0.3, 0.4) is 0 Å². The van der Waals surface area contributed by atoms with Gasteiger partial charge in [0.1, 0.15) is 0 Å². The van der Waals surface area contributed by atoms with Crippen molar-refractivity contribution in [3.8, 4) is 0 Å². The second kappa shape index (κ2) is 6.95. The molecule has 0 radical (unpaired) electrons. The highest BCUT2D eigenvalue weighted by Gasteiger charge is 2.29. The Morgan fingerprint density at radius 2 is 2.15 bits per heavy atom. The first-order chi connectivity index (χ1) is 9.60. The van der Waals surface area contributed by atoms with E-state index in [9.17, 15) is 0 Å². The zero-order valence-electron chi connectivity index (χ0n) is 13.2. The summed E-state index contributed by atoms with van der Waals surface area (Å²) >= 11 is 6.53. The lowest BCUT2D eigenvalue weighted by Crippen LogP contribution is -2.35. The molecule has 3 atom stereocenters. The summed E-state index contributed by atoms with van der Waals surface area (Å²) in [4.78, 5) is 0. The highest BCUT2D eigenvalue weighted by atomic mass is 35.5. The Morgan fingerprint density at radius 3 is 2.65 bits per heavy atom. The van der Waals surface area contributed by atoms with Gasteiger partial charge in [0.15, 0.2) is 0 Å². The molecule has 4 heteroatoms. The predicted molar refractivity (Wildman–Crippen MR) is 85.3 cm³/mol. The Kier molecular flexibility index (Phi) is 5.50. The minimum Gasteiger partial charge on any atom is -0.316 e. The molecular weight excluding hydrogens is 270 g/mol. The molecule has 1 N–H and O–H groups in total. The van der Waals surface area contributed by atoms with Crippen LogP contribution in [-0.4, -0.2) is 22.9 Å². The van der Waals surface area contributed by atoms with E-state index < -0.39 is 0 Å². The maximum atomic E-state index is 6.53. The maximum absolute atomic E-state index is 6.53. The number of aryl methyl sites for hydroxylation is 2. The van der Waals surface area contributed by atoms with Gasteiger partial charge in [-0.05, 0) is 45.1 Å². The molecular formula is C16H28ClN3. The lowest BCUT2D eigenvalue weighted by Gasteiger charge is -2.23. The summed E-state index contributed by atoms with van der Waals surface area (Å²) in [6.45, 7) is 7.52. The lowest BCUT2D eigenvalue weighted by molar-refractivity contribution is 0.360. The molecule has 1 aromatic heterocycles. The van der Waals surface area contributed by atoms with Gasteiger partial charge < -0.3 is 5.32 Å². The molecule has 1 saturated carbocycles. The second-order valence-corrected chi connectivity index (χ2v) is 6.53. The minimum absolute atomic E-state index is 0.518. The number of halogens is 1. The van der Waals surface area contributed by atoms with Gasteiger partial charge in [0.25, 0.3) is 0 Å². The third-order valence-corrected chi connectivity index (χ3v) is 5.22. The summed E-state index contributed by atoms with van der Waals surface area (Å²) in [5.41, 5.74) is 2.25. The van der Waals surface area contributed by atoms with Crippen LogP contribution in [0.4, 0.5) is 0 Å². The average molecular weight is 298 g/mol. The van der Waals surface area contributed by atoms with E-state index in [0.717, 1.165) is 41.9 Å². The van der Waals surface area contributed by atoms with Gasteiger partial charge in [0.05, 0.1) is 16.4 Å². The molecule has 114 valence electrons. The van der Waals surface area contributed by atoms with Crippen molar-refractivity contribution >= 4 is 11.6 Å². The number of nitrogens with zero attached hydrogens (tertiary/aromatic N) is 2. The predicted octanol–water partition coefficient (Wildman–Crippen LogP) is 3.69. The number of aromatic nitrogens is 2. The van der Waals surface area contributed by atoms with Crippen LogP contribution >= 0.6 is 11.6 Å². The maximum Gasteiger partial charge on any atom is 0.0850 e. The quantitative estimate of drug-likeness (QED) is 0.868. The standard InChI is InChI=1S/C16H28ClN3/c1-5-13-16(17)15(20(6-2)19-13)10-14(18-4)12-8-7-11(3)9-12/h11-12,14,18H,5-10H2,1-4H3. The summed E-state index contributed by atoms with van der Waals surface area (Å²) in [6.07, 6.45) is 5.94. The van der Waals surface area contributed by atoms with Crippen LogP contribution in [0.2, 0.25) is 5.02 Å². The van der Waals surface area contributed by atoms with Crippen molar-refractivity contribution in [1.29, 1.82) is 0 Å². The summed E-state index contributed by atoms with van der Waals surface area (Å²) < 4.78 is 2.09. The molecule has 0 spiro atoms. The van der Waals surface area contributed by atoms with Crippen molar-refractivity contribution in [2.75, 3.05) is 7.05 Å². The number of hydrogen-bond donors (Lipinski definition) is 1. The van der Waals surface area contributed by atoms with E-state index in [2.05, 4.69) is 42.9 Å². The van der Waals surface area contributed by atoms with Crippen LogP contribution in [-0.2, 0) is 19.4 Å². The second-order valence-electron chi connectivity index (χ2n) is 6.15. The van der Waals surface area contributed by atoms with Gasteiger partial charge in [-0.2, -0.15) is 5.10 Å². The van der Waals surface area contributed by atoms with Crippen LogP contribution < -0.4 is 5.32 Å². The first-order valence-corrected chi connectivity index (χ1v) is 8.39. The largest absolute Gasteiger partial charge is 0.316 e. The van der Waals surface area contributed by atoms with E-state index >= 15 is 0 Å². The molecule has 1 aromatic rings. The molecule has 3 nitrogen and oxygen atoms in total. The topological polar surface area (TPSA) is 29.9 Å².